The van der Waals surface area contributed by atoms with Crippen molar-refractivity contribution in [3.05, 3.63) is 35.4 Å². The predicted octanol–water partition coefficient (Wildman–Crippen LogP) is 2.49. The summed E-state index contributed by atoms with van der Waals surface area (Å²) in [7, 11) is 1.64. The molecule has 3 nitrogen and oxygen atoms in total. The molecule has 0 aliphatic carbocycles. The van der Waals surface area contributed by atoms with Crippen molar-refractivity contribution in [2.45, 2.75) is 31.8 Å². The molecule has 1 atom stereocenters. The zero-order valence-corrected chi connectivity index (χ0v) is 12.2. The average molecular weight is 305 g/mol. The largest absolute Gasteiger partial charge is 0.340 e. The molecule has 1 aromatic rings. The van der Waals surface area contributed by atoms with Gasteiger partial charge < -0.3 is 10.2 Å². The summed E-state index contributed by atoms with van der Waals surface area (Å²) in [6.45, 7) is 0.998. The van der Waals surface area contributed by atoms with Crippen molar-refractivity contribution in [2.75, 3.05) is 13.6 Å². The highest BCUT2D eigenvalue weighted by Gasteiger charge is 2.24. The number of hydrogen-bond donors (Lipinski definition) is 1. The van der Waals surface area contributed by atoms with Gasteiger partial charge in [0.25, 0.3) is 0 Å². The van der Waals surface area contributed by atoms with Crippen LogP contribution in [-0.4, -0.2) is 30.4 Å². The molecule has 0 bridgehead atoms. The quantitative estimate of drug-likeness (QED) is 0.930. The van der Waals surface area contributed by atoms with Gasteiger partial charge in [-0.2, -0.15) is 0 Å². The van der Waals surface area contributed by atoms with E-state index in [-0.39, 0.29) is 30.9 Å². The van der Waals surface area contributed by atoms with Gasteiger partial charge in [0.2, 0.25) is 5.91 Å². The standard InChI is InChI=1S/C14H18F2N2O.ClH/c1-18(14(19)13-4-2-3-7-17-13)9-10-5-6-11(15)8-12(10)16;/h5-6,8,13,17H,2-4,7,9H2,1H3;1H. The minimum absolute atomic E-state index is 0. The summed E-state index contributed by atoms with van der Waals surface area (Å²) in [4.78, 5) is 13.6. The lowest BCUT2D eigenvalue weighted by Gasteiger charge is -2.27. The molecule has 0 spiro atoms. The number of rotatable bonds is 3. The Hall–Kier alpha value is -1.20. The molecule has 20 heavy (non-hydrogen) atoms. The van der Waals surface area contributed by atoms with Crippen molar-refractivity contribution < 1.29 is 13.6 Å². The van der Waals surface area contributed by atoms with E-state index in [2.05, 4.69) is 5.32 Å². The first-order chi connectivity index (χ1) is 9.08. The van der Waals surface area contributed by atoms with Crippen LogP contribution in [0.1, 0.15) is 24.8 Å². The Balaban J connectivity index is 0.00000200. The summed E-state index contributed by atoms with van der Waals surface area (Å²) >= 11 is 0. The van der Waals surface area contributed by atoms with Crippen molar-refractivity contribution in [3.8, 4) is 0 Å². The van der Waals surface area contributed by atoms with Crippen LogP contribution >= 0.6 is 12.4 Å². The summed E-state index contributed by atoms with van der Waals surface area (Å²) in [6.07, 6.45) is 2.93. The van der Waals surface area contributed by atoms with Crippen molar-refractivity contribution in [3.63, 3.8) is 0 Å². The molecule has 112 valence electrons. The molecule has 1 heterocycles. The predicted molar refractivity (Wildman–Crippen MR) is 75.7 cm³/mol. The number of carbonyl (C=O) groups is 1. The molecule has 0 saturated carbocycles. The maximum Gasteiger partial charge on any atom is 0.239 e. The van der Waals surface area contributed by atoms with Crippen LogP contribution < -0.4 is 5.32 Å². The smallest absolute Gasteiger partial charge is 0.239 e. The number of carbonyl (C=O) groups excluding carboxylic acids is 1. The van der Waals surface area contributed by atoms with Crippen molar-refractivity contribution in [1.82, 2.24) is 10.2 Å². The first-order valence-corrected chi connectivity index (χ1v) is 6.50. The second kappa shape index (κ2) is 7.55. The molecular weight excluding hydrogens is 286 g/mol. The van der Waals surface area contributed by atoms with Gasteiger partial charge in [0.15, 0.2) is 0 Å². The van der Waals surface area contributed by atoms with Crippen LogP contribution in [0.15, 0.2) is 18.2 Å². The Morgan fingerprint density at radius 1 is 1.40 bits per heavy atom. The zero-order chi connectivity index (χ0) is 13.8. The number of halogens is 3. The number of amides is 1. The first kappa shape index (κ1) is 16.9. The molecule has 1 N–H and O–H groups in total. The maximum absolute atomic E-state index is 13.5. The molecule has 0 aromatic heterocycles. The third-order valence-electron chi connectivity index (χ3n) is 3.41. The SMILES string of the molecule is CN(Cc1ccc(F)cc1F)C(=O)C1CCCCN1.Cl. The topological polar surface area (TPSA) is 32.3 Å². The van der Waals surface area contributed by atoms with E-state index in [9.17, 15) is 13.6 Å². The van der Waals surface area contributed by atoms with Crippen LogP contribution in [0.5, 0.6) is 0 Å². The number of hydrogen-bond acceptors (Lipinski definition) is 2. The van der Waals surface area contributed by atoms with Crippen LogP contribution in [0, 0.1) is 11.6 Å². The lowest BCUT2D eigenvalue weighted by molar-refractivity contribution is -0.133. The number of nitrogens with zero attached hydrogens (tertiary/aromatic N) is 1. The van der Waals surface area contributed by atoms with Crippen molar-refractivity contribution >= 4 is 18.3 Å². The fourth-order valence-electron chi connectivity index (χ4n) is 2.31. The molecule has 1 saturated heterocycles. The lowest BCUT2D eigenvalue weighted by Crippen LogP contribution is -2.47. The van der Waals surface area contributed by atoms with Crippen LogP contribution in [0.4, 0.5) is 8.78 Å². The van der Waals surface area contributed by atoms with Gasteiger partial charge in [-0.1, -0.05) is 12.5 Å². The highest BCUT2D eigenvalue weighted by Crippen LogP contribution is 2.14. The van der Waals surface area contributed by atoms with E-state index in [1.54, 1.807) is 7.05 Å². The second-order valence-electron chi connectivity index (χ2n) is 4.93. The Bertz CT molecular complexity index is 464. The van der Waals surface area contributed by atoms with E-state index >= 15 is 0 Å². The minimum Gasteiger partial charge on any atom is -0.340 e. The fraction of sp³-hybridized carbons (Fsp3) is 0.500. The molecule has 1 amide bonds. The van der Waals surface area contributed by atoms with E-state index in [4.69, 9.17) is 0 Å². The lowest BCUT2D eigenvalue weighted by atomic mass is 10.0. The van der Waals surface area contributed by atoms with Crippen molar-refractivity contribution in [2.24, 2.45) is 0 Å². The van der Waals surface area contributed by atoms with Gasteiger partial charge in [-0.15, -0.1) is 12.4 Å². The molecule has 1 fully saturated rings. The first-order valence-electron chi connectivity index (χ1n) is 6.50. The van der Waals surface area contributed by atoms with Crippen LogP contribution in [0.2, 0.25) is 0 Å². The van der Waals surface area contributed by atoms with Gasteiger partial charge in [-0.3, -0.25) is 4.79 Å². The summed E-state index contributed by atoms with van der Waals surface area (Å²) in [5.74, 6) is -1.26. The monoisotopic (exact) mass is 304 g/mol. The Morgan fingerprint density at radius 3 is 2.75 bits per heavy atom. The molecule has 2 rings (SSSR count). The average Bonchev–Trinajstić information content (AvgIpc) is 2.42. The number of likely N-dealkylation sites (N-methyl/N-ethyl adjacent to an activating group) is 1. The van der Waals surface area contributed by atoms with E-state index in [1.165, 1.54) is 17.0 Å². The molecule has 1 aliphatic heterocycles. The Kier molecular flexibility index (Phi) is 6.36. The summed E-state index contributed by atoms with van der Waals surface area (Å²) in [5.41, 5.74) is 0.327. The number of nitrogens with one attached hydrogen (secondary N) is 1. The second-order valence-corrected chi connectivity index (χ2v) is 4.93. The van der Waals surface area contributed by atoms with Gasteiger partial charge in [0.1, 0.15) is 11.6 Å². The number of piperidine rings is 1. The van der Waals surface area contributed by atoms with Gasteiger partial charge in [-0.05, 0) is 25.5 Å². The van der Waals surface area contributed by atoms with Crippen molar-refractivity contribution in [1.29, 1.82) is 0 Å². The molecular formula is C14H19ClF2N2O. The summed E-state index contributed by atoms with van der Waals surface area (Å²) in [6, 6.07) is 3.24. The highest BCUT2D eigenvalue weighted by molar-refractivity contribution is 5.85. The van der Waals surface area contributed by atoms with E-state index in [0.29, 0.717) is 5.56 Å². The molecule has 0 radical (unpaired) electrons. The van der Waals surface area contributed by atoms with E-state index in [0.717, 1.165) is 31.9 Å². The molecule has 1 aromatic carbocycles. The number of benzene rings is 1. The van der Waals surface area contributed by atoms with Gasteiger partial charge in [0.05, 0.1) is 6.04 Å². The molecule has 1 unspecified atom stereocenters. The minimum atomic E-state index is -0.615. The van der Waals surface area contributed by atoms with E-state index in [1.807, 2.05) is 0 Å². The third-order valence-corrected chi connectivity index (χ3v) is 3.41. The van der Waals surface area contributed by atoms with E-state index < -0.39 is 11.6 Å². The highest BCUT2D eigenvalue weighted by atomic mass is 35.5. The Labute approximate surface area is 123 Å². The Morgan fingerprint density at radius 2 is 2.15 bits per heavy atom. The zero-order valence-electron chi connectivity index (χ0n) is 11.4. The summed E-state index contributed by atoms with van der Waals surface area (Å²) < 4.78 is 26.3. The molecule has 6 heteroatoms. The van der Waals surface area contributed by atoms with Crippen LogP contribution in [-0.2, 0) is 11.3 Å². The molecule has 1 aliphatic rings. The van der Waals surface area contributed by atoms with Crippen LogP contribution in [0.25, 0.3) is 0 Å². The fourth-order valence-corrected chi connectivity index (χ4v) is 2.31. The van der Waals surface area contributed by atoms with Gasteiger partial charge in [0, 0.05) is 25.2 Å². The normalized spacial score (nSPS) is 18.2. The third kappa shape index (κ3) is 4.15. The van der Waals surface area contributed by atoms with Crippen LogP contribution in [0.3, 0.4) is 0 Å². The van der Waals surface area contributed by atoms with Gasteiger partial charge in [-0.25, -0.2) is 8.78 Å². The maximum atomic E-state index is 13.5. The van der Waals surface area contributed by atoms with Gasteiger partial charge >= 0.3 is 0 Å². The summed E-state index contributed by atoms with van der Waals surface area (Å²) in [5, 5.41) is 3.16.